The molecule has 0 aromatic rings. The fourth-order valence-electron chi connectivity index (χ4n) is 0.632. The summed E-state index contributed by atoms with van der Waals surface area (Å²) < 4.78 is 0. The molecule has 84 valence electrons. The lowest BCUT2D eigenvalue weighted by Gasteiger charge is -2.03. The average molecular weight is 222 g/mol. The van der Waals surface area contributed by atoms with E-state index in [1.165, 1.54) is 0 Å². The minimum Gasteiger partial charge on any atom is -0.480 e. The van der Waals surface area contributed by atoms with Crippen LogP contribution in [0.25, 0.3) is 0 Å². The fourth-order valence-corrected chi connectivity index (χ4v) is 0.632. The van der Waals surface area contributed by atoms with Gasteiger partial charge in [0.2, 0.25) is 0 Å². The Morgan fingerprint density at radius 3 is 2.07 bits per heavy atom. The molecule has 0 aliphatic rings. The maximum atomic E-state index is 10.1. The van der Waals surface area contributed by atoms with Gasteiger partial charge >= 0.3 is 5.97 Å². The second-order valence-electron chi connectivity index (χ2n) is 2.63. The van der Waals surface area contributed by atoms with Crippen molar-refractivity contribution in [2.75, 3.05) is 6.54 Å². The summed E-state index contributed by atoms with van der Waals surface area (Å²) in [7, 11) is 0. The molecule has 0 heterocycles. The molecule has 0 bridgehead atoms. The first-order valence-electron chi connectivity index (χ1n) is 4.15. The van der Waals surface area contributed by atoms with E-state index in [4.69, 9.17) is 16.6 Å². The number of carboxylic acid groups (broad SMARTS) is 1. The molecular weight excluding hydrogens is 204 g/mol. The van der Waals surface area contributed by atoms with Crippen molar-refractivity contribution in [3.63, 3.8) is 0 Å². The summed E-state index contributed by atoms with van der Waals surface area (Å²) in [4.78, 5) is 10.1. The molecule has 0 amide bonds. The maximum Gasteiger partial charge on any atom is 0.320 e. The zero-order valence-corrected chi connectivity index (χ0v) is 8.80. The van der Waals surface area contributed by atoms with E-state index < -0.39 is 12.0 Å². The zero-order chi connectivity index (χ0) is 11.6. The standard InChI is InChI=1S/C6H14N2O2.CH4N2S/c7-4-2-1-3-5(8)6(9)10;2-1(3)4/h5H,1-4,7-8H2,(H,9,10);(H4,2,3,4). The van der Waals surface area contributed by atoms with Gasteiger partial charge in [0.1, 0.15) is 6.04 Å². The number of carbonyl (C=O) groups is 1. The van der Waals surface area contributed by atoms with Crippen LogP contribution in [0, 0.1) is 0 Å². The number of unbranched alkanes of at least 4 members (excludes halogenated alkanes) is 1. The number of hydrogen-bond acceptors (Lipinski definition) is 4. The Labute approximate surface area is 88.6 Å². The number of carboxylic acids is 1. The fraction of sp³-hybridized carbons (Fsp3) is 0.714. The smallest absolute Gasteiger partial charge is 0.320 e. The third-order valence-electron chi connectivity index (χ3n) is 1.29. The van der Waals surface area contributed by atoms with Gasteiger partial charge in [0.05, 0.1) is 0 Å². The molecule has 7 heteroatoms. The largest absolute Gasteiger partial charge is 0.480 e. The number of nitrogens with two attached hydrogens (primary N) is 4. The van der Waals surface area contributed by atoms with Crippen LogP contribution in [0.3, 0.4) is 0 Å². The lowest BCUT2D eigenvalue weighted by molar-refractivity contribution is -0.138. The lowest BCUT2D eigenvalue weighted by atomic mass is 10.1. The average Bonchev–Trinajstić information content (AvgIpc) is 2.03. The Kier molecular flexibility index (Phi) is 11.3. The molecule has 1 atom stereocenters. The van der Waals surface area contributed by atoms with E-state index in [1.807, 2.05) is 0 Å². The van der Waals surface area contributed by atoms with Crippen LogP contribution in [0.5, 0.6) is 0 Å². The van der Waals surface area contributed by atoms with Gasteiger partial charge in [-0.25, -0.2) is 0 Å². The zero-order valence-electron chi connectivity index (χ0n) is 7.98. The first-order valence-corrected chi connectivity index (χ1v) is 4.56. The van der Waals surface area contributed by atoms with Gasteiger partial charge in [-0.15, -0.1) is 0 Å². The number of aliphatic carboxylic acids is 1. The van der Waals surface area contributed by atoms with Gasteiger partial charge in [-0.3, -0.25) is 4.79 Å². The van der Waals surface area contributed by atoms with Gasteiger partial charge in [0, 0.05) is 0 Å². The van der Waals surface area contributed by atoms with Crippen LogP contribution in [0.1, 0.15) is 19.3 Å². The Morgan fingerprint density at radius 2 is 1.79 bits per heavy atom. The van der Waals surface area contributed by atoms with E-state index in [1.54, 1.807) is 0 Å². The highest BCUT2D eigenvalue weighted by atomic mass is 32.1. The Bertz CT molecular complexity index is 173. The molecule has 0 saturated heterocycles. The third kappa shape index (κ3) is 17.2. The van der Waals surface area contributed by atoms with Gasteiger partial charge in [-0.1, -0.05) is 6.42 Å². The summed E-state index contributed by atoms with van der Waals surface area (Å²) in [6.45, 7) is 0.604. The quantitative estimate of drug-likeness (QED) is 0.288. The molecule has 0 saturated carbocycles. The molecule has 0 rings (SSSR count). The number of thiocarbonyl (C=S) groups is 1. The molecule has 0 spiro atoms. The maximum absolute atomic E-state index is 10.1. The minimum atomic E-state index is -0.933. The SMILES string of the molecule is NC(N)=S.NCCCCC(N)C(=O)O. The van der Waals surface area contributed by atoms with E-state index in [0.717, 1.165) is 12.8 Å². The van der Waals surface area contributed by atoms with Gasteiger partial charge < -0.3 is 28.0 Å². The van der Waals surface area contributed by atoms with Crippen molar-refractivity contribution >= 4 is 23.3 Å². The van der Waals surface area contributed by atoms with Crippen molar-refractivity contribution < 1.29 is 9.90 Å². The van der Waals surface area contributed by atoms with Gasteiger partial charge in [0.25, 0.3) is 0 Å². The lowest BCUT2D eigenvalue weighted by Crippen LogP contribution is -2.29. The molecule has 0 aromatic heterocycles. The normalized spacial score (nSPS) is 11.0. The van der Waals surface area contributed by atoms with Crippen LogP contribution in [-0.2, 0) is 4.79 Å². The van der Waals surface area contributed by atoms with Crippen molar-refractivity contribution in [3.05, 3.63) is 0 Å². The van der Waals surface area contributed by atoms with Crippen LogP contribution in [0.4, 0.5) is 0 Å². The van der Waals surface area contributed by atoms with E-state index in [2.05, 4.69) is 23.7 Å². The van der Waals surface area contributed by atoms with Gasteiger partial charge in [-0.05, 0) is 31.6 Å². The van der Waals surface area contributed by atoms with Crippen molar-refractivity contribution in [2.24, 2.45) is 22.9 Å². The third-order valence-corrected chi connectivity index (χ3v) is 1.29. The molecule has 6 nitrogen and oxygen atoms in total. The highest BCUT2D eigenvalue weighted by Gasteiger charge is 2.09. The highest BCUT2D eigenvalue weighted by Crippen LogP contribution is 1.96. The molecule has 14 heavy (non-hydrogen) atoms. The summed E-state index contributed by atoms with van der Waals surface area (Å²) in [6, 6.07) is -0.716. The van der Waals surface area contributed by atoms with Crippen LogP contribution < -0.4 is 22.9 Å². The summed E-state index contributed by atoms with van der Waals surface area (Å²) in [6.07, 6.45) is 2.16. The van der Waals surface area contributed by atoms with E-state index >= 15 is 0 Å². The summed E-state index contributed by atoms with van der Waals surface area (Å²) in [5, 5.41) is 8.33. The topological polar surface area (TPSA) is 141 Å². The second-order valence-corrected chi connectivity index (χ2v) is 3.10. The van der Waals surface area contributed by atoms with E-state index in [-0.39, 0.29) is 5.11 Å². The van der Waals surface area contributed by atoms with Gasteiger partial charge in [0.15, 0.2) is 5.11 Å². The number of hydrogen-bond donors (Lipinski definition) is 5. The second kappa shape index (κ2) is 10.2. The van der Waals surface area contributed by atoms with E-state index in [0.29, 0.717) is 13.0 Å². The summed E-state index contributed by atoms with van der Waals surface area (Å²) >= 11 is 4.09. The highest BCUT2D eigenvalue weighted by molar-refractivity contribution is 7.80. The van der Waals surface area contributed by atoms with Crippen molar-refractivity contribution in [3.8, 4) is 0 Å². The first-order chi connectivity index (χ1) is 6.41. The van der Waals surface area contributed by atoms with Crippen LogP contribution >= 0.6 is 12.2 Å². The predicted molar refractivity (Wildman–Crippen MR) is 59.5 cm³/mol. The molecule has 9 N–H and O–H groups in total. The van der Waals surface area contributed by atoms with Crippen molar-refractivity contribution in [1.82, 2.24) is 0 Å². The Morgan fingerprint density at radius 1 is 1.36 bits per heavy atom. The Balaban J connectivity index is 0. The molecule has 0 aliphatic heterocycles. The molecule has 0 radical (unpaired) electrons. The molecule has 0 aromatic carbocycles. The first kappa shape index (κ1) is 15.5. The summed E-state index contributed by atoms with van der Waals surface area (Å²) in [5.74, 6) is -0.933. The van der Waals surface area contributed by atoms with Crippen LogP contribution in [0.2, 0.25) is 0 Å². The van der Waals surface area contributed by atoms with Crippen LogP contribution in [0.15, 0.2) is 0 Å². The van der Waals surface area contributed by atoms with Gasteiger partial charge in [-0.2, -0.15) is 0 Å². The molecule has 0 aliphatic carbocycles. The molecule has 1 unspecified atom stereocenters. The number of rotatable bonds is 5. The van der Waals surface area contributed by atoms with Crippen molar-refractivity contribution in [1.29, 1.82) is 0 Å². The Hall–Kier alpha value is -0.920. The van der Waals surface area contributed by atoms with E-state index in [9.17, 15) is 4.79 Å². The van der Waals surface area contributed by atoms with Crippen molar-refractivity contribution in [2.45, 2.75) is 25.3 Å². The molecular formula is C7H18N4O2S. The minimum absolute atomic E-state index is 0.000000000000000222. The predicted octanol–water partition coefficient (Wildman–Crippen LogP) is -1.28. The summed E-state index contributed by atoms with van der Waals surface area (Å²) in [5.41, 5.74) is 19.7. The molecule has 0 fully saturated rings. The monoisotopic (exact) mass is 222 g/mol. The van der Waals surface area contributed by atoms with Crippen LogP contribution in [-0.4, -0.2) is 28.8 Å².